The number of amides is 2. The number of carbonyl (C=O) groups is 3. The van der Waals surface area contributed by atoms with E-state index < -0.39 is 17.8 Å². The van der Waals surface area contributed by atoms with Gasteiger partial charge in [0, 0.05) is 45.6 Å². The minimum absolute atomic E-state index is 0.0893. The molecule has 2 amide bonds. The number of para-hydroxylation sites is 2. The molecule has 0 atom stereocenters. The highest BCUT2D eigenvalue weighted by atomic mass is 16.7. The van der Waals surface area contributed by atoms with Crippen molar-refractivity contribution in [2.45, 2.75) is 45.1 Å². The van der Waals surface area contributed by atoms with Crippen LogP contribution >= 0.6 is 0 Å². The molecule has 10 nitrogen and oxygen atoms in total. The normalized spacial score (nSPS) is 13.8. The summed E-state index contributed by atoms with van der Waals surface area (Å²) in [4.78, 5) is 46.6. The van der Waals surface area contributed by atoms with Crippen molar-refractivity contribution in [1.82, 2.24) is 14.6 Å². The quantitative estimate of drug-likeness (QED) is 0.239. The third-order valence-electron chi connectivity index (χ3n) is 5.72. The topological polar surface area (TPSA) is 109 Å². The van der Waals surface area contributed by atoms with E-state index in [1.165, 1.54) is 0 Å². The molecule has 2 heterocycles. The summed E-state index contributed by atoms with van der Waals surface area (Å²) in [5.41, 5.74) is 3.63. The van der Waals surface area contributed by atoms with E-state index in [1.807, 2.05) is 72.1 Å². The third-order valence-corrected chi connectivity index (χ3v) is 5.72. The predicted molar refractivity (Wildman–Crippen MR) is 130 cm³/mol. The second-order valence-corrected chi connectivity index (χ2v) is 8.52. The van der Waals surface area contributed by atoms with Crippen LogP contribution < -0.4 is 4.90 Å². The zero-order chi connectivity index (χ0) is 24.8. The molecular weight excluding hydrogens is 448 g/mol. The van der Waals surface area contributed by atoms with E-state index in [0.717, 1.165) is 35.2 Å². The summed E-state index contributed by atoms with van der Waals surface area (Å²) < 4.78 is 2.02. The van der Waals surface area contributed by atoms with Crippen molar-refractivity contribution in [2.24, 2.45) is 10.2 Å². The molecular formula is C25H28N6O4. The molecule has 35 heavy (non-hydrogen) atoms. The van der Waals surface area contributed by atoms with Gasteiger partial charge in [-0.1, -0.05) is 18.6 Å². The van der Waals surface area contributed by atoms with Gasteiger partial charge < -0.3 is 14.3 Å². The summed E-state index contributed by atoms with van der Waals surface area (Å²) in [5.74, 6) is -0.985. The molecule has 0 radical (unpaired) electrons. The van der Waals surface area contributed by atoms with Crippen molar-refractivity contribution >= 4 is 46.1 Å². The maximum atomic E-state index is 12.0. The molecule has 0 N–H and O–H groups in total. The van der Waals surface area contributed by atoms with E-state index in [9.17, 15) is 14.4 Å². The van der Waals surface area contributed by atoms with E-state index in [0.29, 0.717) is 24.0 Å². The highest BCUT2D eigenvalue weighted by Gasteiger charge is 2.32. The molecule has 1 saturated heterocycles. The van der Waals surface area contributed by atoms with Crippen LogP contribution in [0.25, 0.3) is 11.0 Å². The van der Waals surface area contributed by atoms with E-state index in [4.69, 9.17) is 4.84 Å². The summed E-state index contributed by atoms with van der Waals surface area (Å²) in [6.45, 7) is 0.659. The lowest BCUT2D eigenvalue weighted by Gasteiger charge is -2.12. The van der Waals surface area contributed by atoms with Crippen molar-refractivity contribution in [3.63, 3.8) is 0 Å². The van der Waals surface area contributed by atoms with Crippen LogP contribution in [0.15, 0.2) is 58.8 Å². The molecule has 182 valence electrons. The van der Waals surface area contributed by atoms with Gasteiger partial charge in [0.25, 0.3) is 11.8 Å². The zero-order valence-corrected chi connectivity index (χ0v) is 19.9. The number of carbonyl (C=O) groups excluding carboxylic acids is 3. The Balaban J connectivity index is 1.34. The van der Waals surface area contributed by atoms with Crippen molar-refractivity contribution in [3.8, 4) is 0 Å². The molecule has 1 aromatic heterocycles. The van der Waals surface area contributed by atoms with Gasteiger partial charge in [0.15, 0.2) is 0 Å². The lowest BCUT2D eigenvalue weighted by atomic mass is 10.2. The first kappa shape index (κ1) is 24.1. The number of nitrogens with zero attached hydrogens (tertiary/aromatic N) is 6. The maximum absolute atomic E-state index is 12.0. The Bertz CT molecular complexity index is 1230. The fourth-order valence-corrected chi connectivity index (χ4v) is 3.80. The number of rotatable bonds is 10. The Morgan fingerprint density at radius 3 is 2.40 bits per heavy atom. The number of hydrogen-bond acceptors (Lipinski definition) is 8. The fourth-order valence-electron chi connectivity index (χ4n) is 3.80. The highest BCUT2D eigenvalue weighted by molar-refractivity contribution is 6.01. The van der Waals surface area contributed by atoms with Crippen LogP contribution in [0.1, 0.15) is 38.5 Å². The zero-order valence-electron chi connectivity index (χ0n) is 19.9. The van der Waals surface area contributed by atoms with E-state index in [1.54, 1.807) is 0 Å². The molecule has 1 aliphatic heterocycles. The Labute approximate surface area is 203 Å². The molecule has 0 saturated carbocycles. The number of fused-ring (bicyclic) bond motifs is 1. The lowest BCUT2D eigenvalue weighted by Crippen LogP contribution is -2.31. The van der Waals surface area contributed by atoms with Gasteiger partial charge in [-0.3, -0.25) is 9.59 Å². The van der Waals surface area contributed by atoms with Crippen LogP contribution in [-0.2, 0) is 25.8 Å². The summed E-state index contributed by atoms with van der Waals surface area (Å²) in [7, 11) is 3.97. The van der Waals surface area contributed by atoms with Crippen molar-refractivity contribution in [1.29, 1.82) is 0 Å². The van der Waals surface area contributed by atoms with Gasteiger partial charge in [0.1, 0.15) is 0 Å². The second-order valence-electron chi connectivity index (χ2n) is 8.52. The molecule has 0 spiro atoms. The van der Waals surface area contributed by atoms with Gasteiger partial charge in [-0.05, 0) is 49.2 Å². The first-order valence-electron chi connectivity index (χ1n) is 11.6. The molecule has 2 aromatic carbocycles. The fraction of sp³-hybridized carbons (Fsp3) is 0.360. The number of aryl methyl sites for hydroxylation is 1. The van der Waals surface area contributed by atoms with Crippen LogP contribution in [0.4, 0.5) is 17.3 Å². The van der Waals surface area contributed by atoms with Gasteiger partial charge in [0.2, 0.25) is 5.95 Å². The largest absolute Gasteiger partial charge is 0.378 e. The van der Waals surface area contributed by atoms with Crippen molar-refractivity contribution in [2.75, 3.05) is 19.0 Å². The summed E-state index contributed by atoms with van der Waals surface area (Å²) in [6.07, 6.45) is 2.44. The molecule has 3 aromatic rings. The Kier molecular flexibility index (Phi) is 7.49. The number of hydrogen-bond donors (Lipinski definition) is 0. The molecule has 0 bridgehead atoms. The monoisotopic (exact) mass is 476 g/mol. The first-order chi connectivity index (χ1) is 16.9. The first-order valence-corrected chi connectivity index (χ1v) is 11.6. The van der Waals surface area contributed by atoms with Gasteiger partial charge >= 0.3 is 5.97 Å². The second kappa shape index (κ2) is 10.9. The molecule has 1 aliphatic rings. The Morgan fingerprint density at radius 1 is 0.971 bits per heavy atom. The highest BCUT2D eigenvalue weighted by Crippen LogP contribution is 2.25. The van der Waals surface area contributed by atoms with Crippen LogP contribution in [0.2, 0.25) is 0 Å². The van der Waals surface area contributed by atoms with E-state index >= 15 is 0 Å². The van der Waals surface area contributed by atoms with Crippen molar-refractivity contribution in [3.05, 3.63) is 48.5 Å². The number of unbranched alkanes of at least 4 members (excludes halogenated alkanes) is 2. The van der Waals surface area contributed by atoms with Crippen LogP contribution in [0.5, 0.6) is 0 Å². The number of hydroxylamine groups is 2. The minimum atomic E-state index is -0.573. The lowest BCUT2D eigenvalue weighted by molar-refractivity contribution is -0.197. The number of aromatic nitrogens is 2. The maximum Gasteiger partial charge on any atom is 0.333 e. The SMILES string of the molecule is CN(C)c1ccc(N=Nc2nc3ccccc3n2CCCCCC(=O)ON2C(=O)CCC2=O)cc1. The average Bonchev–Trinajstić information content (AvgIpc) is 3.37. The van der Waals surface area contributed by atoms with Gasteiger partial charge in [-0.25, -0.2) is 9.78 Å². The number of imidazole rings is 1. The van der Waals surface area contributed by atoms with Crippen LogP contribution in [-0.4, -0.2) is 46.5 Å². The van der Waals surface area contributed by atoms with E-state index in [2.05, 4.69) is 15.2 Å². The standard InChI is InChI=1S/C25H28N6O4/c1-29(2)19-13-11-18(12-14-19)27-28-25-26-20-8-5-6-9-21(20)30(25)17-7-3-4-10-24(34)35-31-22(32)15-16-23(31)33/h5-6,8-9,11-14H,3-4,7,10,15-17H2,1-2H3. The molecule has 4 rings (SSSR count). The number of imide groups is 1. The Hall–Kier alpha value is -4.08. The Morgan fingerprint density at radius 2 is 1.69 bits per heavy atom. The van der Waals surface area contributed by atoms with Crippen LogP contribution in [0, 0.1) is 0 Å². The van der Waals surface area contributed by atoms with Crippen LogP contribution in [0.3, 0.4) is 0 Å². The van der Waals surface area contributed by atoms with E-state index in [-0.39, 0.29) is 19.3 Å². The molecule has 0 unspecified atom stereocenters. The predicted octanol–water partition coefficient (Wildman–Crippen LogP) is 4.69. The van der Waals surface area contributed by atoms with Gasteiger partial charge in [-0.15, -0.1) is 15.3 Å². The minimum Gasteiger partial charge on any atom is -0.378 e. The molecule has 0 aliphatic carbocycles. The number of benzene rings is 2. The average molecular weight is 477 g/mol. The number of anilines is 1. The number of azo groups is 1. The van der Waals surface area contributed by atoms with Gasteiger partial charge in [0.05, 0.1) is 16.7 Å². The third kappa shape index (κ3) is 5.89. The summed E-state index contributed by atoms with van der Waals surface area (Å²) in [6, 6.07) is 15.6. The summed E-state index contributed by atoms with van der Waals surface area (Å²) in [5, 5.41) is 9.36. The van der Waals surface area contributed by atoms with Crippen molar-refractivity contribution < 1.29 is 19.2 Å². The molecule has 1 fully saturated rings. The summed E-state index contributed by atoms with van der Waals surface area (Å²) >= 11 is 0. The molecule has 10 heteroatoms. The smallest absolute Gasteiger partial charge is 0.333 e. The van der Waals surface area contributed by atoms with Gasteiger partial charge in [-0.2, -0.15) is 0 Å².